The number of rotatable bonds is 2. The average Bonchev–Trinajstić information content (AvgIpc) is 2.75. The third-order valence-electron chi connectivity index (χ3n) is 2.10. The van der Waals surface area contributed by atoms with Crippen LogP contribution in [0, 0.1) is 5.41 Å². The summed E-state index contributed by atoms with van der Waals surface area (Å²) in [5.41, 5.74) is 0.0167. The maximum atomic E-state index is 12.3. The molecule has 2 heterocycles. The summed E-state index contributed by atoms with van der Waals surface area (Å²) in [6, 6.07) is 2.19. The second kappa shape index (κ2) is 5.22. The minimum absolute atomic E-state index is 0.161. The van der Waals surface area contributed by atoms with Crippen LogP contribution in [0.25, 0.3) is 11.3 Å². The summed E-state index contributed by atoms with van der Waals surface area (Å²) in [6.07, 6.45) is -1.91. The number of hydrogen-bond acceptors (Lipinski definition) is 4. The Labute approximate surface area is 114 Å². The molecule has 100 valence electrons. The van der Waals surface area contributed by atoms with Crippen molar-refractivity contribution in [2.24, 2.45) is 0 Å². The molecule has 2 aromatic heterocycles. The van der Waals surface area contributed by atoms with Crippen molar-refractivity contribution in [3.63, 3.8) is 0 Å². The number of aromatic nitrogens is 3. The quantitative estimate of drug-likeness (QED) is 0.504. The third kappa shape index (κ3) is 3.48. The summed E-state index contributed by atoms with van der Waals surface area (Å²) in [5.74, 6) is 0. The molecule has 0 fully saturated rings. The van der Waals surface area contributed by atoms with Crippen LogP contribution in [0.15, 0.2) is 29.7 Å². The van der Waals surface area contributed by atoms with Crippen LogP contribution in [-0.4, -0.2) is 19.5 Å². The fourth-order valence-electron chi connectivity index (χ4n) is 1.31. The molecular formula is C10H6ClF3N4S. The minimum atomic E-state index is -4.46. The van der Waals surface area contributed by atoms with Crippen LogP contribution >= 0.6 is 23.4 Å². The fourth-order valence-corrected chi connectivity index (χ4v) is 1.96. The van der Waals surface area contributed by atoms with Gasteiger partial charge in [0.15, 0.2) is 9.66 Å². The summed E-state index contributed by atoms with van der Waals surface area (Å²) < 4.78 is 36.9. The van der Waals surface area contributed by atoms with Gasteiger partial charge in [-0.05, 0) is 23.9 Å². The molecular weight excluding hydrogens is 301 g/mol. The monoisotopic (exact) mass is 306 g/mol. The third-order valence-corrected chi connectivity index (χ3v) is 2.92. The molecule has 2 N–H and O–H groups in total. The Bertz CT molecular complexity index is 594. The van der Waals surface area contributed by atoms with Gasteiger partial charge in [0.25, 0.3) is 0 Å². The number of H-pyrrole nitrogens is 1. The number of thioether (sulfide) groups is 1. The number of imidazole rings is 1. The van der Waals surface area contributed by atoms with Gasteiger partial charge in [0.1, 0.15) is 5.69 Å². The Morgan fingerprint density at radius 3 is 2.53 bits per heavy atom. The van der Waals surface area contributed by atoms with Crippen LogP contribution in [-0.2, 0) is 6.18 Å². The van der Waals surface area contributed by atoms with Crippen molar-refractivity contribution in [3.05, 3.63) is 30.2 Å². The number of nitrogens with one attached hydrogen (secondary N) is 2. The van der Waals surface area contributed by atoms with Crippen molar-refractivity contribution in [2.75, 3.05) is 0 Å². The van der Waals surface area contributed by atoms with Crippen molar-refractivity contribution < 1.29 is 13.2 Å². The van der Waals surface area contributed by atoms with E-state index in [0.29, 0.717) is 16.4 Å². The Balaban J connectivity index is 2.23. The van der Waals surface area contributed by atoms with Crippen LogP contribution < -0.4 is 0 Å². The zero-order valence-corrected chi connectivity index (χ0v) is 10.7. The first-order valence-corrected chi connectivity index (χ1v) is 6.06. The Hall–Kier alpha value is -1.54. The summed E-state index contributed by atoms with van der Waals surface area (Å²) in [7, 11) is 0. The van der Waals surface area contributed by atoms with Crippen LogP contribution in [0.3, 0.4) is 0 Å². The number of hydrogen-bond donors (Lipinski definition) is 2. The van der Waals surface area contributed by atoms with Crippen LogP contribution in [0.4, 0.5) is 13.2 Å². The highest BCUT2D eigenvalue weighted by molar-refractivity contribution is 8.16. The predicted molar refractivity (Wildman–Crippen MR) is 66.3 cm³/mol. The maximum Gasteiger partial charge on any atom is 0.433 e. The molecule has 0 saturated heterocycles. The van der Waals surface area contributed by atoms with E-state index in [1.807, 2.05) is 0 Å². The van der Waals surface area contributed by atoms with E-state index < -0.39 is 11.9 Å². The lowest BCUT2D eigenvalue weighted by atomic mass is 10.2. The SMILES string of the molecule is N=C(Cl)Sc1ncc(-c2ccc(C(F)(F)F)nc2)[nH]1. The van der Waals surface area contributed by atoms with Crippen molar-refractivity contribution >= 4 is 27.9 Å². The van der Waals surface area contributed by atoms with E-state index in [2.05, 4.69) is 15.0 Å². The first kappa shape index (κ1) is 13.9. The highest BCUT2D eigenvalue weighted by Crippen LogP contribution is 2.29. The maximum absolute atomic E-state index is 12.3. The molecule has 0 aliphatic rings. The number of pyridine rings is 1. The standard InChI is InChI=1S/C10H6ClF3N4S/c11-8(15)19-9-17-4-6(18-9)5-1-2-7(16-3-5)10(12,13)14/h1-4,15H,(H,17,18). The molecule has 2 aromatic rings. The molecule has 0 amide bonds. The average molecular weight is 307 g/mol. The van der Waals surface area contributed by atoms with Gasteiger partial charge in [-0.15, -0.1) is 0 Å². The van der Waals surface area contributed by atoms with E-state index in [1.165, 1.54) is 12.3 Å². The van der Waals surface area contributed by atoms with Gasteiger partial charge in [-0.1, -0.05) is 11.6 Å². The Morgan fingerprint density at radius 1 is 1.26 bits per heavy atom. The molecule has 0 radical (unpaired) electrons. The zero-order valence-electron chi connectivity index (χ0n) is 9.12. The molecule has 0 saturated carbocycles. The summed E-state index contributed by atoms with van der Waals surface area (Å²) in [4.78, 5) is 10.1. The lowest BCUT2D eigenvalue weighted by Gasteiger charge is -2.05. The van der Waals surface area contributed by atoms with E-state index in [0.717, 1.165) is 24.0 Å². The molecule has 19 heavy (non-hydrogen) atoms. The molecule has 0 aromatic carbocycles. The lowest BCUT2D eigenvalue weighted by molar-refractivity contribution is -0.141. The summed E-state index contributed by atoms with van der Waals surface area (Å²) in [5, 5.41) is 7.46. The number of aromatic amines is 1. The normalized spacial score (nSPS) is 11.6. The zero-order chi connectivity index (χ0) is 14.0. The van der Waals surface area contributed by atoms with Crippen molar-refractivity contribution in [2.45, 2.75) is 11.3 Å². The first-order valence-electron chi connectivity index (χ1n) is 4.87. The molecule has 0 aliphatic carbocycles. The highest BCUT2D eigenvalue weighted by Gasteiger charge is 2.32. The fraction of sp³-hybridized carbons (Fsp3) is 0.100. The minimum Gasteiger partial charge on any atom is -0.333 e. The Kier molecular flexibility index (Phi) is 3.81. The number of nitrogens with zero attached hydrogens (tertiary/aromatic N) is 2. The summed E-state index contributed by atoms with van der Waals surface area (Å²) >= 11 is 6.29. The molecule has 2 rings (SSSR count). The molecule has 4 nitrogen and oxygen atoms in total. The lowest BCUT2D eigenvalue weighted by Crippen LogP contribution is -2.07. The highest BCUT2D eigenvalue weighted by atomic mass is 35.5. The van der Waals surface area contributed by atoms with Crippen LogP contribution in [0.1, 0.15) is 5.69 Å². The van der Waals surface area contributed by atoms with E-state index in [-0.39, 0.29) is 4.50 Å². The van der Waals surface area contributed by atoms with Crippen molar-refractivity contribution in [1.82, 2.24) is 15.0 Å². The number of alkyl halides is 3. The van der Waals surface area contributed by atoms with Crippen LogP contribution in [0.5, 0.6) is 0 Å². The topological polar surface area (TPSA) is 65.4 Å². The second-order valence-electron chi connectivity index (χ2n) is 3.41. The first-order chi connectivity index (χ1) is 8.86. The van der Waals surface area contributed by atoms with Crippen molar-refractivity contribution in [1.29, 1.82) is 5.41 Å². The molecule has 9 heteroatoms. The summed E-state index contributed by atoms with van der Waals surface area (Å²) in [6.45, 7) is 0. The van der Waals surface area contributed by atoms with Gasteiger partial charge in [0.2, 0.25) is 0 Å². The predicted octanol–water partition coefficient (Wildman–Crippen LogP) is 3.76. The van der Waals surface area contributed by atoms with E-state index in [4.69, 9.17) is 17.0 Å². The molecule has 0 unspecified atom stereocenters. The van der Waals surface area contributed by atoms with Gasteiger partial charge < -0.3 is 4.98 Å². The van der Waals surface area contributed by atoms with E-state index in [1.54, 1.807) is 0 Å². The van der Waals surface area contributed by atoms with E-state index >= 15 is 0 Å². The Morgan fingerprint density at radius 2 is 2.00 bits per heavy atom. The van der Waals surface area contributed by atoms with Crippen LogP contribution in [0.2, 0.25) is 0 Å². The van der Waals surface area contributed by atoms with Gasteiger partial charge >= 0.3 is 6.18 Å². The molecule has 0 bridgehead atoms. The molecule has 0 spiro atoms. The van der Waals surface area contributed by atoms with Crippen molar-refractivity contribution in [3.8, 4) is 11.3 Å². The van der Waals surface area contributed by atoms with Gasteiger partial charge in [0.05, 0.1) is 11.9 Å². The molecule has 0 atom stereocenters. The van der Waals surface area contributed by atoms with E-state index in [9.17, 15) is 13.2 Å². The smallest absolute Gasteiger partial charge is 0.333 e. The molecule has 0 aliphatic heterocycles. The second-order valence-corrected chi connectivity index (χ2v) is 5.01. The van der Waals surface area contributed by atoms with Gasteiger partial charge in [-0.3, -0.25) is 10.4 Å². The van der Waals surface area contributed by atoms with Gasteiger partial charge in [-0.2, -0.15) is 13.2 Å². The van der Waals surface area contributed by atoms with Gasteiger partial charge in [0, 0.05) is 11.8 Å². The number of halogens is 4. The largest absolute Gasteiger partial charge is 0.433 e. The van der Waals surface area contributed by atoms with Gasteiger partial charge in [-0.25, -0.2) is 4.98 Å².